The second-order valence-corrected chi connectivity index (χ2v) is 11.1. The summed E-state index contributed by atoms with van der Waals surface area (Å²) < 4.78 is 34.8. The largest absolute Gasteiger partial charge is 0.493 e. The van der Waals surface area contributed by atoms with E-state index in [0.29, 0.717) is 18.0 Å². The quantitative estimate of drug-likeness (QED) is 0.446. The molecule has 2 aromatic rings. The summed E-state index contributed by atoms with van der Waals surface area (Å²) in [6.07, 6.45) is 2.29. The molecule has 1 aliphatic heterocycles. The van der Waals surface area contributed by atoms with Crippen LogP contribution in [-0.4, -0.2) is 82.9 Å². The molecule has 0 amide bonds. The summed E-state index contributed by atoms with van der Waals surface area (Å²) in [5.41, 5.74) is 3.60. The van der Waals surface area contributed by atoms with E-state index in [4.69, 9.17) is 4.74 Å². The Balaban J connectivity index is 1.69. The summed E-state index contributed by atoms with van der Waals surface area (Å²) in [6, 6.07) is 11.4. The van der Waals surface area contributed by atoms with E-state index in [0.717, 1.165) is 73.4 Å². The Labute approximate surface area is 204 Å². The van der Waals surface area contributed by atoms with Gasteiger partial charge in [-0.15, -0.1) is 0 Å². The third-order valence-electron chi connectivity index (χ3n) is 6.35. The van der Waals surface area contributed by atoms with Crippen LogP contribution in [0.2, 0.25) is 0 Å². The molecule has 7 nitrogen and oxygen atoms in total. The minimum absolute atomic E-state index is 0.198. The number of likely N-dealkylation sites (tertiary alicyclic amines) is 1. The first kappa shape index (κ1) is 26.6. The van der Waals surface area contributed by atoms with Crippen molar-refractivity contribution in [3.8, 4) is 16.9 Å². The van der Waals surface area contributed by atoms with Crippen LogP contribution in [0, 0.1) is 13.8 Å². The molecule has 0 aromatic heterocycles. The molecule has 0 unspecified atom stereocenters. The van der Waals surface area contributed by atoms with Crippen molar-refractivity contribution in [1.82, 2.24) is 14.5 Å². The van der Waals surface area contributed by atoms with Gasteiger partial charge in [0.2, 0.25) is 10.0 Å². The van der Waals surface area contributed by atoms with Crippen molar-refractivity contribution in [3.63, 3.8) is 0 Å². The summed E-state index contributed by atoms with van der Waals surface area (Å²) in [5.74, 6) is 0.813. The van der Waals surface area contributed by atoms with E-state index >= 15 is 0 Å². The lowest BCUT2D eigenvalue weighted by atomic mass is 9.96. The van der Waals surface area contributed by atoms with Gasteiger partial charge in [0.05, 0.1) is 17.6 Å². The number of nitrogens with zero attached hydrogens (tertiary/aromatic N) is 2. The number of sulfonamides is 1. The van der Waals surface area contributed by atoms with Crippen LogP contribution < -0.4 is 9.46 Å². The maximum atomic E-state index is 13.0. The Morgan fingerprint density at radius 1 is 1.09 bits per heavy atom. The predicted molar refractivity (Wildman–Crippen MR) is 137 cm³/mol. The van der Waals surface area contributed by atoms with Gasteiger partial charge in [0.25, 0.3) is 0 Å². The third-order valence-corrected chi connectivity index (χ3v) is 7.95. The van der Waals surface area contributed by atoms with E-state index in [9.17, 15) is 13.5 Å². The standard InChI is InChI=1S/C26H39N3O4S/c1-20-23(9-5-11-25(20)33-18-8-16-29-17-13-22(30)19-29)24-10-6-12-26(21(24)2)34(31,32)27-14-7-15-28(3)4/h5-6,9-12,22,27,30H,7-8,13-19H2,1-4H3/t22-/m1/s1. The lowest BCUT2D eigenvalue weighted by Crippen LogP contribution is -2.28. The molecule has 0 aliphatic carbocycles. The zero-order chi connectivity index (χ0) is 24.7. The van der Waals surface area contributed by atoms with E-state index in [1.54, 1.807) is 12.1 Å². The minimum Gasteiger partial charge on any atom is -0.493 e. The zero-order valence-corrected chi connectivity index (χ0v) is 21.7. The van der Waals surface area contributed by atoms with Crippen LogP contribution in [0.3, 0.4) is 0 Å². The molecule has 0 radical (unpaired) electrons. The van der Waals surface area contributed by atoms with Crippen LogP contribution in [-0.2, 0) is 10.0 Å². The number of ether oxygens (including phenoxy) is 1. The fourth-order valence-electron chi connectivity index (χ4n) is 4.43. The topological polar surface area (TPSA) is 82.1 Å². The van der Waals surface area contributed by atoms with Gasteiger partial charge in [-0.3, -0.25) is 0 Å². The second-order valence-electron chi connectivity index (χ2n) is 9.36. The molecule has 34 heavy (non-hydrogen) atoms. The van der Waals surface area contributed by atoms with Gasteiger partial charge in [-0.1, -0.05) is 24.3 Å². The van der Waals surface area contributed by atoms with Gasteiger partial charge in [0.1, 0.15) is 5.75 Å². The first-order chi connectivity index (χ1) is 16.2. The highest BCUT2D eigenvalue weighted by molar-refractivity contribution is 7.89. The highest BCUT2D eigenvalue weighted by Crippen LogP contribution is 2.34. The van der Waals surface area contributed by atoms with Crippen LogP contribution >= 0.6 is 0 Å². The van der Waals surface area contributed by atoms with Gasteiger partial charge < -0.3 is 19.6 Å². The van der Waals surface area contributed by atoms with Crippen molar-refractivity contribution < 1.29 is 18.3 Å². The molecule has 1 aliphatic rings. The lowest BCUT2D eigenvalue weighted by molar-refractivity contribution is 0.173. The number of benzene rings is 2. The highest BCUT2D eigenvalue weighted by atomic mass is 32.2. The summed E-state index contributed by atoms with van der Waals surface area (Å²) >= 11 is 0. The van der Waals surface area contributed by atoms with Crippen LogP contribution in [0.5, 0.6) is 5.75 Å². The molecule has 2 aromatic carbocycles. The van der Waals surface area contributed by atoms with Crippen molar-refractivity contribution >= 4 is 10.0 Å². The molecule has 1 heterocycles. The summed E-state index contributed by atoms with van der Waals surface area (Å²) in [7, 11) is 0.352. The van der Waals surface area contributed by atoms with Gasteiger partial charge in [0.15, 0.2) is 0 Å². The Morgan fingerprint density at radius 3 is 2.47 bits per heavy atom. The average Bonchev–Trinajstić information content (AvgIpc) is 3.20. The van der Waals surface area contributed by atoms with Gasteiger partial charge in [-0.2, -0.15) is 0 Å². The molecule has 1 fully saturated rings. The van der Waals surface area contributed by atoms with Crippen molar-refractivity contribution in [3.05, 3.63) is 47.5 Å². The molecule has 0 spiro atoms. The molecule has 188 valence electrons. The molecule has 2 N–H and O–H groups in total. The minimum atomic E-state index is -3.59. The van der Waals surface area contributed by atoms with Crippen LogP contribution in [0.1, 0.15) is 30.4 Å². The van der Waals surface area contributed by atoms with E-state index in [-0.39, 0.29) is 6.10 Å². The Hall–Kier alpha value is -1.97. The zero-order valence-electron chi connectivity index (χ0n) is 20.9. The molecule has 1 atom stereocenters. The first-order valence-corrected chi connectivity index (χ1v) is 13.5. The molecule has 3 rings (SSSR count). The van der Waals surface area contributed by atoms with E-state index < -0.39 is 10.0 Å². The molecular formula is C26H39N3O4S. The third kappa shape index (κ3) is 7.02. The number of aliphatic hydroxyl groups excluding tert-OH is 1. The summed E-state index contributed by atoms with van der Waals surface area (Å²) in [4.78, 5) is 4.61. The molecule has 8 heteroatoms. The Morgan fingerprint density at radius 2 is 1.79 bits per heavy atom. The number of β-amino-alcohol motifs (C(OH)–C–C–N with tert-alkyl or cyclic N) is 1. The summed E-state index contributed by atoms with van der Waals surface area (Å²) in [6.45, 7) is 8.31. The van der Waals surface area contributed by atoms with Gasteiger partial charge >= 0.3 is 0 Å². The maximum Gasteiger partial charge on any atom is 0.240 e. The van der Waals surface area contributed by atoms with E-state index in [1.165, 1.54) is 0 Å². The second kappa shape index (κ2) is 12.1. The number of nitrogens with one attached hydrogen (secondary N) is 1. The molecule has 0 bridgehead atoms. The maximum absolute atomic E-state index is 13.0. The van der Waals surface area contributed by atoms with Crippen molar-refractivity contribution in [2.45, 2.75) is 44.1 Å². The van der Waals surface area contributed by atoms with Crippen molar-refractivity contribution in [1.29, 1.82) is 0 Å². The Kier molecular flexibility index (Phi) is 9.50. The van der Waals surface area contributed by atoms with Crippen LogP contribution in [0.4, 0.5) is 0 Å². The number of aliphatic hydroxyl groups is 1. The molecule has 1 saturated heterocycles. The lowest BCUT2D eigenvalue weighted by Gasteiger charge is -2.18. The van der Waals surface area contributed by atoms with Crippen LogP contribution in [0.15, 0.2) is 41.3 Å². The first-order valence-electron chi connectivity index (χ1n) is 12.1. The van der Waals surface area contributed by atoms with Gasteiger partial charge in [-0.05, 0) is 88.1 Å². The average molecular weight is 490 g/mol. The fourth-order valence-corrected chi connectivity index (χ4v) is 5.76. The van der Waals surface area contributed by atoms with Crippen molar-refractivity contribution in [2.24, 2.45) is 0 Å². The number of hydrogen-bond acceptors (Lipinski definition) is 6. The molecule has 0 saturated carbocycles. The van der Waals surface area contributed by atoms with Gasteiger partial charge in [-0.25, -0.2) is 13.1 Å². The Bertz CT molecular complexity index is 1060. The van der Waals surface area contributed by atoms with E-state index in [2.05, 4.69) is 9.62 Å². The van der Waals surface area contributed by atoms with Crippen LogP contribution in [0.25, 0.3) is 11.1 Å². The fraction of sp³-hybridized carbons (Fsp3) is 0.538. The van der Waals surface area contributed by atoms with E-state index in [1.807, 2.05) is 57.1 Å². The normalized spacial score (nSPS) is 16.9. The number of rotatable bonds is 12. The number of hydrogen-bond donors (Lipinski definition) is 2. The molecular weight excluding hydrogens is 450 g/mol. The summed E-state index contributed by atoms with van der Waals surface area (Å²) in [5, 5.41) is 9.66. The smallest absolute Gasteiger partial charge is 0.240 e. The highest BCUT2D eigenvalue weighted by Gasteiger charge is 2.21. The predicted octanol–water partition coefficient (Wildman–Crippen LogP) is 3.04. The SMILES string of the molecule is Cc1c(OCCCN2CC[C@@H](O)C2)cccc1-c1cccc(S(=O)(=O)NCCCN(C)C)c1C. The monoisotopic (exact) mass is 489 g/mol. The van der Waals surface area contributed by atoms with Gasteiger partial charge in [0, 0.05) is 26.2 Å². The van der Waals surface area contributed by atoms with Crippen molar-refractivity contribution in [2.75, 3.05) is 53.4 Å².